The van der Waals surface area contributed by atoms with Gasteiger partial charge in [-0.3, -0.25) is 39.2 Å². The summed E-state index contributed by atoms with van der Waals surface area (Å²) < 4.78 is 23.4. The summed E-state index contributed by atoms with van der Waals surface area (Å²) >= 11 is 0. The highest BCUT2D eigenvalue weighted by atomic mass is 16.7. The summed E-state index contributed by atoms with van der Waals surface area (Å²) in [5, 5.41) is 34.2. The summed E-state index contributed by atoms with van der Waals surface area (Å²) in [6.45, 7) is 4.49. The topological polar surface area (TPSA) is 185 Å². The number of aryl methyl sites for hydroxylation is 1. The monoisotopic (exact) mass is 695 g/mol. The van der Waals surface area contributed by atoms with Crippen molar-refractivity contribution in [3.05, 3.63) is 78.9 Å². The first-order valence-corrected chi connectivity index (χ1v) is 16.4. The van der Waals surface area contributed by atoms with Gasteiger partial charge in [-0.2, -0.15) is 5.26 Å². The second kappa shape index (κ2) is 11.4. The van der Waals surface area contributed by atoms with E-state index in [1.165, 1.54) is 26.2 Å². The van der Waals surface area contributed by atoms with Crippen LogP contribution in [0.4, 0.5) is 5.69 Å². The fourth-order valence-corrected chi connectivity index (χ4v) is 9.02. The smallest absolute Gasteiger partial charge is 0.308 e. The van der Waals surface area contributed by atoms with Crippen molar-refractivity contribution in [2.75, 3.05) is 27.5 Å². The molecule has 262 valence electrons. The number of ether oxygens (including phenoxy) is 4. The van der Waals surface area contributed by atoms with Gasteiger partial charge in [0.25, 0.3) is 17.5 Å². The number of hydrogen-bond donors (Lipinski definition) is 1. The maximum Gasteiger partial charge on any atom is 0.308 e. The second-order valence-electron chi connectivity index (χ2n) is 13.6. The van der Waals surface area contributed by atoms with Crippen LogP contribution < -0.4 is 18.9 Å². The average Bonchev–Trinajstić information content (AvgIpc) is 3.67. The molecule has 15 heteroatoms. The van der Waals surface area contributed by atoms with Crippen molar-refractivity contribution in [2.45, 2.75) is 63.8 Å². The lowest BCUT2D eigenvalue weighted by Crippen LogP contribution is -2.68. The van der Waals surface area contributed by atoms with Crippen molar-refractivity contribution < 1.29 is 43.4 Å². The van der Waals surface area contributed by atoms with Gasteiger partial charge in [-0.05, 0) is 50.9 Å². The number of methoxy groups -OCH3 is 1. The number of benzene rings is 3. The van der Waals surface area contributed by atoms with Gasteiger partial charge in [0, 0.05) is 59.9 Å². The first kappa shape index (κ1) is 32.5. The van der Waals surface area contributed by atoms with Gasteiger partial charge in [-0.25, -0.2) is 0 Å². The Morgan fingerprint density at radius 3 is 2.49 bits per heavy atom. The standard InChI is InChI=1S/C36H33N5O10/c1-15-8-18-9-23-25(12-37)40-24(29(38(23)4)27(18)30(43)31(15)48-5)11-22-28(34-33(49-14-50-34)16(2)32(22)51-17(3)42)26(40)13-39-35(44)20-7-6-19(41(46)47)10-21(20)36(39)45/h6-8,10,23-26,29,43H,9,11,13-14H2,1-5H3/t23-,24+,25+,26+,29+/m1/s1. The van der Waals surface area contributed by atoms with Gasteiger partial charge in [0.1, 0.15) is 11.8 Å². The first-order valence-electron chi connectivity index (χ1n) is 16.4. The summed E-state index contributed by atoms with van der Waals surface area (Å²) in [5.41, 5.74) is 3.50. The Balaban J connectivity index is 1.36. The van der Waals surface area contributed by atoms with Gasteiger partial charge in [-0.1, -0.05) is 6.07 Å². The number of carbonyl (C=O) groups excluding carboxylic acids is 3. The molecule has 3 aromatic rings. The number of piperazine rings is 1. The number of phenolic OH excluding ortho intramolecular Hbond substituents is 1. The van der Waals surface area contributed by atoms with Crippen LogP contribution in [0.15, 0.2) is 24.3 Å². The van der Waals surface area contributed by atoms with Crippen molar-refractivity contribution in [1.29, 1.82) is 5.26 Å². The van der Waals surface area contributed by atoms with E-state index in [9.17, 15) is 34.9 Å². The number of nitriles is 1. The van der Waals surface area contributed by atoms with E-state index in [-0.39, 0.29) is 54.1 Å². The van der Waals surface area contributed by atoms with E-state index in [0.717, 1.165) is 22.1 Å². The molecule has 2 amide bonds. The number of non-ortho nitro benzene ring substituents is 1. The number of nitro groups is 1. The molecule has 0 aliphatic carbocycles. The fourth-order valence-electron chi connectivity index (χ4n) is 9.02. The van der Waals surface area contributed by atoms with Crippen molar-refractivity contribution in [3.8, 4) is 34.8 Å². The fraction of sp³-hybridized carbons (Fsp3) is 0.389. The Bertz CT molecular complexity index is 2160. The summed E-state index contributed by atoms with van der Waals surface area (Å²) in [7, 11) is 3.40. The second-order valence-corrected chi connectivity index (χ2v) is 13.6. The molecule has 5 heterocycles. The van der Waals surface area contributed by atoms with Crippen LogP contribution in [-0.2, 0) is 17.6 Å². The molecule has 5 aliphatic rings. The average molecular weight is 696 g/mol. The molecule has 1 fully saturated rings. The van der Waals surface area contributed by atoms with E-state index in [2.05, 4.69) is 11.0 Å². The van der Waals surface area contributed by atoms with Gasteiger partial charge in [0.05, 0.1) is 41.3 Å². The van der Waals surface area contributed by atoms with Gasteiger partial charge < -0.3 is 24.1 Å². The maximum absolute atomic E-state index is 14.0. The Morgan fingerprint density at radius 1 is 1.08 bits per heavy atom. The number of hydrogen-bond acceptors (Lipinski definition) is 13. The summed E-state index contributed by atoms with van der Waals surface area (Å²) in [5.74, 6) is -0.643. The van der Waals surface area contributed by atoms with Gasteiger partial charge in [0.15, 0.2) is 23.0 Å². The van der Waals surface area contributed by atoms with Crippen LogP contribution >= 0.6 is 0 Å². The van der Waals surface area contributed by atoms with Crippen molar-refractivity contribution in [3.63, 3.8) is 0 Å². The molecule has 0 aromatic heterocycles. The number of nitro benzene ring substituents is 1. The summed E-state index contributed by atoms with van der Waals surface area (Å²) in [6.07, 6.45) is 0.651. The quantitative estimate of drug-likeness (QED) is 0.134. The third-order valence-electron chi connectivity index (χ3n) is 11.0. The lowest BCUT2D eigenvalue weighted by molar-refractivity contribution is -0.384. The highest BCUT2D eigenvalue weighted by molar-refractivity contribution is 6.21. The minimum absolute atomic E-state index is 0.00970. The molecule has 0 saturated carbocycles. The number of phenols is 1. The molecule has 1 N–H and O–H groups in total. The molecule has 5 atom stereocenters. The number of esters is 1. The Morgan fingerprint density at radius 2 is 1.80 bits per heavy atom. The molecule has 2 bridgehead atoms. The number of carbonyl (C=O) groups is 3. The largest absolute Gasteiger partial charge is 0.504 e. The Hall–Kier alpha value is -5.72. The van der Waals surface area contributed by atoms with E-state index in [1.807, 2.05) is 24.9 Å². The normalized spacial score (nSPS) is 24.3. The zero-order valence-corrected chi connectivity index (χ0v) is 28.4. The summed E-state index contributed by atoms with van der Waals surface area (Å²) in [6, 6.07) is 4.94. The Kier molecular flexibility index (Phi) is 7.26. The molecular weight excluding hydrogens is 662 g/mol. The van der Waals surface area contributed by atoms with E-state index in [0.29, 0.717) is 45.9 Å². The molecule has 0 unspecified atom stereocenters. The van der Waals surface area contributed by atoms with Crippen molar-refractivity contribution in [2.24, 2.45) is 0 Å². The molecule has 51 heavy (non-hydrogen) atoms. The number of fused-ring (bicyclic) bond motifs is 10. The number of imide groups is 1. The van der Waals surface area contributed by atoms with Crippen LogP contribution in [0.2, 0.25) is 0 Å². The minimum atomic E-state index is -0.888. The van der Waals surface area contributed by atoms with E-state index in [1.54, 1.807) is 6.92 Å². The molecule has 1 saturated heterocycles. The number of nitrogens with zero attached hydrogens (tertiary/aromatic N) is 5. The van der Waals surface area contributed by atoms with Gasteiger partial charge in [-0.15, -0.1) is 0 Å². The van der Waals surface area contributed by atoms with E-state index >= 15 is 0 Å². The van der Waals surface area contributed by atoms with Crippen molar-refractivity contribution >= 4 is 23.5 Å². The van der Waals surface area contributed by atoms with Crippen LogP contribution in [0.3, 0.4) is 0 Å². The minimum Gasteiger partial charge on any atom is -0.504 e. The first-order chi connectivity index (χ1) is 24.4. The van der Waals surface area contributed by atoms with Gasteiger partial charge >= 0.3 is 5.97 Å². The molecular formula is C36H33N5O10. The molecule has 5 aliphatic heterocycles. The highest BCUT2D eigenvalue weighted by Crippen LogP contribution is 2.58. The van der Waals surface area contributed by atoms with Crippen LogP contribution in [0, 0.1) is 35.3 Å². The summed E-state index contributed by atoms with van der Waals surface area (Å²) in [4.78, 5) is 56.5. The molecule has 0 radical (unpaired) electrons. The highest BCUT2D eigenvalue weighted by Gasteiger charge is 2.57. The number of likely N-dealkylation sites (N-methyl/N-ethyl adjacent to an activating group) is 1. The molecule has 0 spiro atoms. The van der Waals surface area contributed by atoms with Crippen LogP contribution in [0.25, 0.3) is 0 Å². The maximum atomic E-state index is 14.0. The Labute approximate surface area is 291 Å². The SMILES string of the molecule is COc1c(C)cc2c(c1O)[C@@H]1[C@@H]3Cc4c(OC(C)=O)c(C)c5c(c4[C@H](CN4C(=O)c6ccc([N+](=O)[O-])cc6C4=O)N3[C@@H](C#N)[C@@H](C2)N1C)OCO5. The lowest BCUT2D eigenvalue weighted by Gasteiger charge is -2.60. The van der Waals surface area contributed by atoms with E-state index in [4.69, 9.17) is 18.9 Å². The van der Waals surface area contributed by atoms with Crippen LogP contribution in [-0.4, -0.2) is 88.1 Å². The third-order valence-corrected chi connectivity index (χ3v) is 11.0. The molecule has 15 nitrogen and oxygen atoms in total. The van der Waals surface area contributed by atoms with Crippen LogP contribution in [0.5, 0.6) is 28.7 Å². The predicted octanol–water partition coefficient (Wildman–Crippen LogP) is 3.65. The number of amides is 2. The van der Waals surface area contributed by atoms with E-state index < -0.39 is 46.9 Å². The number of rotatable bonds is 5. The van der Waals surface area contributed by atoms with Gasteiger partial charge in [0.2, 0.25) is 6.79 Å². The predicted molar refractivity (Wildman–Crippen MR) is 176 cm³/mol. The lowest BCUT2D eigenvalue weighted by atomic mass is 9.71. The molecule has 3 aromatic carbocycles. The number of aromatic hydroxyl groups is 1. The third kappa shape index (κ3) is 4.46. The van der Waals surface area contributed by atoms with Crippen molar-refractivity contribution in [1.82, 2.24) is 14.7 Å². The zero-order chi connectivity index (χ0) is 36.2. The zero-order valence-electron chi connectivity index (χ0n) is 28.4. The van der Waals surface area contributed by atoms with Crippen LogP contribution in [0.1, 0.15) is 73.1 Å². The molecule has 8 rings (SSSR count).